The first kappa shape index (κ1) is 16.9. The predicted octanol–water partition coefficient (Wildman–Crippen LogP) is 1.74. The van der Waals surface area contributed by atoms with Crippen LogP contribution in [0, 0.1) is 5.41 Å². The Kier molecular flexibility index (Phi) is 4.87. The maximum atomic E-state index is 12.5. The number of piperidine rings is 1. The SMILES string of the molecule is CCC[C@]1(CO)CCN(C(=O)Cc2nc3ccccc3o2)C[C@H]1O. The molecule has 130 valence electrons. The summed E-state index contributed by atoms with van der Waals surface area (Å²) in [6.45, 7) is 2.78. The third-order valence-electron chi connectivity index (χ3n) is 5.04. The predicted molar refractivity (Wildman–Crippen MR) is 89.3 cm³/mol. The van der Waals surface area contributed by atoms with E-state index in [-0.39, 0.29) is 25.5 Å². The zero-order valence-corrected chi connectivity index (χ0v) is 13.9. The fraction of sp³-hybridized carbons (Fsp3) is 0.556. The third-order valence-corrected chi connectivity index (χ3v) is 5.04. The lowest BCUT2D eigenvalue weighted by atomic mass is 9.73. The normalized spacial score (nSPS) is 24.5. The molecule has 2 atom stereocenters. The molecule has 6 heteroatoms. The second kappa shape index (κ2) is 6.91. The smallest absolute Gasteiger partial charge is 0.232 e. The van der Waals surface area contributed by atoms with Gasteiger partial charge in [0.05, 0.1) is 12.7 Å². The molecular formula is C18H24N2O4. The highest BCUT2D eigenvalue weighted by Gasteiger charge is 2.42. The Balaban J connectivity index is 1.66. The number of nitrogens with zero attached hydrogens (tertiary/aromatic N) is 2. The van der Waals surface area contributed by atoms with Crippen molar-refractivity contribution in [3.05, 3.63) is 30.2 Å². The van der Waals surface area contributed by atoms with Crippen LogP contribution in [0.1, 0.15) is 32.1 Å². The molecule has 1 saturated heterocycles. The summed E-state index contributed by atoms with van der Waals surface area (Å²) in [7, 11) is 0. The number of carbonyl (C=O) groups excluding carboxylic acids is 1. The van der Waals surface area contributed by atoms with Crippen LogP contribution >= 0.6 is 0 Å². The summed E-state index contributed by atoms with van der Waals surface area (Å²) in [4.78, 5) is 18.5. The molecule has 24 heavy (non-hydrogen) atoms. The van der Waals surface area contributed by atoms with Crippen molar-refractivity contribution < 1.29 is 19.4 Å². The standard InChI is InChI=1S/C18H24N2O4/c1-2-7-18(12-21)8-9-20(11-15(18)22)17(23)10-16-19-13-5-3-4-6-14(13)24-16/h3-6,15,21-22H,2,7-12H2,1H3/t15-,18-/m1/s1. The second-order valence-corrected chi connectivity index (χ2v) is 6.63. The minimum atomic E-state index is -0.705. The zero-order valence-electron chi connectivity index (χ0n) is 13.9. The molecule has 1 aliphatic rings. The van der Waals surface area contributed by atoms with Crippen molar-refractivity contribution in [2.45, 2.75) is 38.7 Å². The fourth-order valence-electron chi connectivity index (χ4n) is 3.53. The van der Waals surface area contributed by atoms with E-state index in [4.69, 9.17) is 4.42 Å². The van der Waals surface area contributed by atoms with Crippen LogP contribution in [0.4, 0.5) is 0 Å². The van der Waals surface area contributed by atoms with Crippen molar-refractivity contribution in [3.63, 3.8) is 0 Å². The number of aromatic nitrogens is 1. The summed E-state index contributed by atoms with van der Waals surface area (Å²) in [5.74, 6) is 0.284. The molecule has 1 aromatic carbocycles. The second-order valence-electron chi connectivity index (χ2n) is 6.63. The number of hydrogen-bond donors (Lipinski definition) is 2. The van der Waals surface area contributed by atoms with Gasteiger partial charge in [0.1, 0.15) is 11.9 Å². The maximum absolute atomic E-state index is 12.5. The van der Waals surface area contributed by atoms with Crippen molar-refractivity contribution in [3.8, 4) is 0 Å². The van der Waals surface area contributed by atoms with E-state index >= 15 is 0 Å². The van der Waals surface area contributed by atoms with Gasteiger partial charge in [-0.3, -0.25) is 4.79 Å². The number of hydrogen-bond acceptors (Lipinski definition) is 5. The van der Waals surface area contributed by atoms with Gasteiger partial charge in [-0.05, 0) is 25.0 Å². The first-order valence-electron chi connectivity index (χ1n) is 8.49. The fourth-order valence-corrected chi connectivity index (χ4v) is 3.53. The van der Waals surface area contributed by atoms with Gasteiger partial charge in [0.2, 0.25) is 11.8 Å². The summed E-state index contributed by atoms with van der Waals surface area (Å²) < 4.78 is 5.60. The van der Waals surface area contributed by atoms with Gasteiger partial charge in [-0.1, -0.05) is 25.5 Å². The van der Waals surface area contributed by atoms with Crippen LogP contribution in [0.25, 0.3) is 11.1 Å². The van der Waals surface area contributed by atoms with Crippen LogP contribution in [0.15, 0.2) is 28.7 Å². The molecule has 6 nitrogen and oxygen atoms in total. The molecule has 1 amide bonds. The van der Waals surface area contributed by atoms with Crippen molar-refractivity contribution >= 4 is 17.0 Å². The van der Waals surface area contributed by atoms with E-state index in [0.29, 0.717) is 24.4 Å². The summed E-state index contributed by atoms with van der Waals surface area (Å²) in [5.41, 5.74) is 0.922. The van der Waals surface area contributed by atoms with E-state index in [1.165, 1.54) is 0 Å². The summed E-state index contributed by atoms with van der Waals surface area (Å²) in [6, 6.07) is 7.40. The van der Waals surface area contributed by atoms with Gasteiger partial charge in [-0.15, -0.1) is 0 Å². The first-order chi connectivity index (χ1) is 11.6. The Hall–Kier alpha value is -1.92. The molecule has 1 aliphatic heterocycles. The monoisotopic (exact) mass is 332 g/mol. The minimum Gasteiger partial charge on any atom is -0.440 e. The average Bonchev–Trinajstić information content (AvgIpc) is 2.99. The highest BCUT2D eigenvalue weighted by molar-refractivity contribution is 5.79. The van der Waals surface area contributed by atoms with Crippen LogP contribution in [0.5, 0.6) is 0 Å². The molecule has 0 saturated carbocycles. The summed E-state index contributed by atoms with van der Waals surface area (Å²) >= 11 is 0. The van der Waals surface area contributed by atoms with E-state index in [1.807, 2.05) is 31.2 Å². The third kappa shape index (κ3) is 3.16. The number of carbonyl (C=O) groups is 1. The largest absolute Gasteiger partial charge is 0.440 e. The number of fused-ring (bicyclic) bond motifs is 1. The van der Waals surface area contributed by atoms with Gasteiger partial charge in [0, 0.05) is 18.5 Å². The number of rotatable bonds is 5. The Morgan fingerprint density at radius 2 is 2.25 bits per heavy atom. The Morgan fingerprint density at radius 1 is 1.46 bits per heavy atom. The van der Waals surface area contributed by atoms with Gasteiger partial charge < -0.3 is 19.5 Å². The van der Waals surface area contributed by atoms with Crippen molar-refractivity contribution in [2.24, 2.45) is 5.41 Å². The van der Waals surface area contributed by atoms with Crippen LogP contribution in [0.2, 0.25) is 0 Å². The van der Waals surface area contributed by atoms with Crippen LogP contribution in [0.3, 0.4) is 0 Å². The van der Waals surface area contributed by atoms with E-state index < -0.39 is 11.5 Å². The number of oxazole rings is 1. The van der Waals surface area contributed by atoms with Crippen LogP contribution in [-0.2, 0) is 11.2 Å². The number of para-hydroxylation sites is 2. The lowest BCUT2D eigenvalue weighted by Gasteiger charge is -2.44. The summed E-state index contributed by atoms with van der Waals surface area (Å²) in [6.07, 6.45) is 1.65. The minimum absolute atomic E-state index is 0.0465. The van der Waals surface area contributed by atoms with Crippen LogP contribution in [-0.4, -0.2) is 51.8 Å². The topological polar surface area (TPSA) is 86.8 Å². The lowest BCUT2D eigenvalue weighted by Crippen LogP contribution is -2.54. The molecule has 0 aliphatic carbocycles. The molecule has 2 heterocycles. The van der Waals surface area contributed by atoms with E-state index in [0.717, 1.165) is 18.4 Å². The average molecular weight is 332 g/mol. The molecule has 1 aromatic heterocycles. The Labute approximate surface area is 141 Å². The van der Waals surface area contributed by atoms with Gasteiger partial charge in [-0.25, -0.2) is 4.98 Å². The highest BCUT2D eigenvalue weighted by Crippen LogP contribution is 2.36. The zero-order chi connectivity index (χ0) is 17.2. The van der Waals surface area contributed by atoms with Gasteiger partial charge >= 0.3 is 0 Å². The first-order valence-corrected chi connectivity index (χ1v) is 8.49. The summed E-state index contributed by atoms with van der Waals surface area (Å²) in [5, 5.41) is 20.2. The van der Waals surface area contributed by atoms with E-state index in [9.17, 15) is 15.0 Å². The van der Waals surface area contributed by atoms with Crippen molar-refractivity contribution in [2.75, 3.05) is 19.7 Å². The van der Waals surface area contributed by atoms with Crippen molar-refractivity contribution in [1.29, 1.82) is 0 Å². The van der Waals surface area contributed by atoms with Gasteiger partial charge in [0.25, 0.3) is 0 Å². The number of aliphatic hydroxyl groups is 2. The molecule has 0 bridgehead atoms. The maximum Gasteiger partial charge on any atom is 0.232 e. The number of aliphatic hydroxyl groups excluding tert-OH is 2. The molecule has 2 N–H and O–H groups in total. The van der Waals surface area contributed by atoms with Gasteiger partial charge in [0.15, 0.2) is 5.58 Å². The highest BCUT2D eigenvalue weighted by atomic mass is 16.3. The number of amides is 1. The van der Waals surface area contributed by atoms with E-state index in [2.05, 4.69) is 4.98 Å². The van der Waals surface area contributed by atoms with Crippen molar-refractivity contribution in [1.82, 2.24) is 9.88 Å². The number of benzene rings is 1. The Bertz CT molecular complexity index is 681. The number of likely N-dealkylation sites (tertiary alicyclic amines) is 1. The molecule has 3 rings (SSSR count). The van der Waals surface area contributed by atoms with Gasteiger partial charge in [-0.2, -0.15) is 0 Å². The molecule has 2 aromatic rings. The lowest BCUT2D eigenvalue weighted by molar-refractivity contribution is -0.141. The van der Waals surface area contributed by atoms with Crippen LogP contribution < -0.4 is 0 Å². The quantitative estimate of drug-likeness (QED) is 0.871. The molecule has 0 spiro atoms. The van der Waals surface area contributed by atoms with E-state index in [1.54, 1.807) is 4.90 Å². The Morgan fingerprint density at radius 3 is 2.92 bits per heavy atom. The molecule has 0 radical (unpaired) electrons. The molecule has 0 unspecified atom stereocenters. The molecule has 1 fully saturated rings. The molecular weight excluding hydrogens is 308 g/mol. The number of β-amino-alcohol motifs (C(OH)–C–C–N with tert-alkyl or cyclic N) is 1.